The second-order valence-electron chi connectivity index (χ2n) is 4.87. The molecule has 4 nitrogen and oxygen atoms in total. The summed E-state index contributed by atoms with van der Waals surface area (Å²) in [7, 11) is 0. The lowest BCUT2D eigenvalue weighted by molar-refractivity contribution is -0.131. The Morgan fingerprint density at radius 2 is 1.96 bits per heavy atom. The van der Waals surface area contributed by atoms with Gasteiger partial charge in [-0.3, -0.25) is 9.69 Å². The molecule has 0 aliphatic carbocycles. The van der Waals surface area contributed by atoms with Gasteiger partial charge in [0.15, 0.2) is 0 Å². The molecule has 0 aromatic heterocycles. The van der Waals surface area contributed by atoms with E-state index < -0.39 is 5.97 Å². The van der Waals surface area contributed by atoms with Crippen LogP contribution in [0.1, 0.15) is 15.9 Å². The fraction of sp³-hybridized carbons (Fsp3) is 0.0588. The van der Waals surface area contributed by atoms with Gasteiger partial charge in [0, 0.05) is 26.6 Å². The number of aliphatic carboxylic acids is 1. The summed E-state index contributed by atoms with van der Waals surface area (Å²) in [6, 6.07) is 12.7. The van der Waals surface area contributed by atoms with Crippen molar-refractivity contribution in [1.82, 2.24) is 0 Å². The van der Waals surface area contributed by atoms with Gasteiger partial charge in [-0.2, -0.15) is 0 Å². The zero-order valence-electron chi connectivity index (χ0n) is 12.1. The van der Waals surface area contributed by atoms with Gasteiger partial charge in [0.2, 0.25) is 0 Å². The number of carbonyl (C=O) groups is 2. The van der Waals surface area contributed by atoms with Crippen LogP contribution in [0.2, 0.25) is 0 Å². The molecule has 0 fully saturated rings. The van der Waals surface area contributed by atoms with Gasteiger partial charge >= 0.3 is 5.97 Å². The molecule has 3 rings (SSSR count). The quantitative estimate of drug-likeness (QED) is 0.629. The number of anilines is 1. The van der Waals surface area contributed by atoms with Crippen LogP contribution >= 0.6 is 27.7 Å². The van der Waals surface area contributed by atoms with Crippen molar-refractivity contribution in [2.75, 3.05) is 11.2 Å². The lowest BCUT2D eigenvalue weighted by atomic mass is 10.1. The Labute approximate surface area is 145 Å². The monoisotopic (exact) mass is 389 g/mol. The van der Waals surface area contributed by atoms with E-state index >= 15 is 0 Å². The zero-order valence-corrected chi connectivity index (χ0v) is 14.5. The summed E-state index contributed by atoms with van der Waals surface area (Å²) >= 11 is 4.88. The first-order chi connectivity index (χ1) is 11.0. The third-order valence-electron chi connectivity index (χ3n) is 3.52. The van der Waals surface area contributed by atoms with E-state index in [0.29, 0.717) is 22.5 Å². The second-order valence-corrected chi connectivity index (χ2v) is 6.63. The Hall–Kier alpha value is -2.05. The number of carbonyl (C=O) groups excluding carboxylic acids is 1. The van der Waals surface area contributed by atoms with Gasteiger partial charge < -0.3 is 5.11 Å². The van der Waals surface area contributed by atoms with E-state index in [-0.39, 0.29) is 5.91 Å². The lowest BCUT2D eigenvalue weighted by Gasteiger charge is -2.20. The molecule has 116 valence electrons. The predicted molar refractivity (Wildman–Crippen MR) is 94.8 cm³/mol. The molecule has 0 saturated heterocycles. The van der Waals surface area contributed by atoms with Gasteiger partial charge in [0.25, 0.3) is 5.91 Å². The molecule has 1 amide bonds. The number of hydrogen-bond acceptors (Lipinski definition) is 3. The molecule has 0 bridgehead atoms. The fourth-order valence-electron chi connectivity index (χ4n) is 2.58. The SMILES string of the molecule is CSc1ccccc1N1C(=O)c2ccc(Br)cc2C1=CC(=O)O. The molecule has 2 aromatic rings. The highest BCUT2D eigenvalue weighted by molar-refractivity contribution is 9.10. The van der Waals surface area contributed by atoms with Crippen molar-refractivity contribution in [1.29, 1.82) is 0 Å². The van der Waals surface area contributed by atoms with Crippen molar-refractivity contribution in [3.63, 3.8) is 0 Å². The maximum Gasteiger partial charge on any atom is 0.330 e. The van der Waals surface area contributed by atoms with Gasteiger partial charge in [0.05, 0.1) is 11.4 Å². The zero-order chi connectivity index (χ0) is 16.6. The van der Waals surface area contributed by atoms with Gasteiger partial charge in [-0.15, -0.1) is 11.8 Å². The Balaban J connectivity index is 2.25. The Morgan fingerprint density at radius 1 is 1.22 bits per heavy atom. The molecular weight excluding hydrogens is 378 g/mol. The van der Waals surface area contributed by atoms with E-state index in [9.17, 15) is 14.7 Å². The number of amides is 1. The number of fused-ring (bicyclic) bond motifs is 1. The van der Waals surface area contributed by atoms with Crippen LogP contribution in [0.25, 0.3) is 5.70 Å². The summed E-state index contributed by atoms with van der Waals surface area (Å²) < 4.78 is 0.792. The number of nitrogens with zero attached hydrogens (tertiary/aromatic N) is 1. The molecule has 1 heterocycles. The summed E-state index contributed by atoms with van der Waals surface area (Å²) in [6.45, 7) is 0. The van der Waals surface area contributed by atoms with Gasteiger partial charge in [0.1, 0.15) is 0 Å². The van der Waals surface area contributed by atoms with Crippen LogP contribution in [-0.2, 0) is 4.79 Å². The molecule has 6 heteroatoms. The molecule has 2 aromatic carbocycles. The minimum Gasteiger partial charge on any atom is -0.478 e. The number of carboxylic acids is 1. The van der Waals surface area contributed by atoms with Crippen LogP contribution in [0.3, 0.4) is 0 Å². The summed E-state index contributed by atoms with van der Waals surface area (Å²) in [6.07, 6.45) is 3.00. The van der Waals surface area contributed by atoms with E-state index in [0.717, 1.165) is 15.4 Å². The number of carboxylic acid groups (broad SMARTS) is 1. The molecule has 0 spiro atoms. The number of benzene rings is 2. The van der Waals surface area contributed by atoms with Crippen molar-refractivity contribution < 1.29 is 14.7 Å². The number of para-hydroxylation sites is 1. The minimum atomic E-state index is -1.09. The molecule has 0 unspecified atom stereocenters. The van der Waals surface area contributed by atoms with E-state index in [4.69, 9.17) is 0 Å². The summed E-state index contributed by atoms with van der Waals surface area (Å²) in [4.78, 5) is 26.5. The average Bonchev–Trinajstić information content (AvgIpc) is 2.78. The van der Waals surface area contributed by atoms with E-state index in [2.05, 4.69) is 15.9 Å². The van der Waals surface area contributed by atoms with Crippen molar-refractivity contribution in [2.45, 2.75) is 4.90 Å². The van der Waals surface area contributed by atoms with Crippen LogP contribution in [0.4, 0.5) is 5.69 Å². The highest BCUT2D eigenvalue weighted by atomic mass is 79.9. The third-order valence-corrected chi connectivity index (χ3v) is 4.80. The first kappa shape index (κ1) is 15.8. The maximum atomic E-state index is 12.8. The van der Waals surface area contributed by atoms with Gasteiger partial charge in [-0.1, -0.05) is 28.1 Å². The lowest BCUT2D eigenvalue weighted by Crippen LogP contribution is -2.23. The predicted octanol–water partition coefficient (Wildman–Crippen LogP) is 4.26. The molecule has 1 aliphatic rings. The number of hydrogen-bond donors (Lipinski definition) is 1. The molecule has 0 atom stereocenters. The summed E-state index contributed by atoms with van der Waals surface area (Å²) in [5, 5.41) is 9.21. The normalized spacial score (nSPS) is 15.1. The van der Waals surface area contributed by atoms with E-state index in [1.54, 1.807) is 18.2 Å². The van der Waals surface area contributed by atoms with Gasteiger partial charge in [-0.25, -0.2) is 4.79 Å². The largest absolute Gasteiger partial charge is 0.478 e. The van der Waals surface area contributed by atoms with E-state index in [1.807, 2.05) is 30.5 Å². The van der Waals surface area contributed by atoms with Crippen LogP contribution in [0, 0.1) is 0 Å². The van der Waals surface area contributed by atoms with Crippen molar-refractivity contribution >= 4 is 51.0 Å². The first-order valence-electron chi connectivity index (χ1n) is 6.75. The van der Waals surface area contributed by atoms with Crippen LogP contribution in [-0.4, -0.2) is 23.2 Å². The van der Waals surface area contributed by atoms with Crippen LogP contribution in [0.5, 0.6) is 0 Å². The Kier molecular flexibility index (Phi) is 4.28. The topological polar surface area (TPSA) is 57.6 Å². The summed E-state index contributed by atoms with van der Waals surface area (Å²) in [5.74, 6) is -1.31. The first-order valence-corrected chi connectivity index (χ1v) is 8.76. The molecule has 23 heavy (non-hydrogen) atoms. The average molecular weight is 390 g/mol. The molecular formula is C17H12BrNO3S. The highest BCUT2D eigenvalue weighted by Gasteiger charge is 2.35. The van der Waals surface area contributed by atoms with Crippen molar-refractivity contribution in [2.24, 2.45) is 0 Å². The molecule has 1 N–H and O–H groups in total. The van der Waals surface area contributed by atoms with Crippen molar-refractivity contribution in [3.8, 4) is 0 Å². The minimum absolute atomic E-state index is 0.221. The highest BCUT2D eigenvalue weighted by Crippen LogP contribution is 2.41. The standard InChI is InChI=1S/C17H12BrNO3S/c1-23-15-5-3-2-4-13(15)19-14(9-16(20)21)12-8-10(18)6-7-11(12)17(19)22/h2-9H,1H3,(H,20,21). The van der Waals surface area contributed by atoms with Gasteiger partial charge in [-0.05, 0) is 36.6 Å². The molecule has 1 aliphatic heterocycles. The Morgan fingerprint density at radius 3 is 2.65 bits per heavy atom. The van der Waals surface area contributed by atoms with Crippen LogP contribution < -0.4 is 4.90 Å². The van der Waals surface area contributed by atoms with Crippen LogP contribution in [0.15, 0.2) is 57.9 Å². The Bertz CT molecular complexity index is 847. The number of halogens is 1. The third kappa shape index (κ3) is 2.80. The maximum absolute atomic E-state index is 12.8. The second kappa shape index (κ2) is 6.22. The number of thioether (sulfide) groups is 1. The smallest absolute Gasteiger partial charge is 0.330 e. The van der Waals surface area contributed by atoms with Crippen molar-refractivity contribution in [3.05, 3.63) is 64.1 Å². The molecule has 0 radical (unpaired) electrons. The molecule has 0 saturated carbocycles. The fourth-order valence-corrected chi connectivity index (χ4v) is 3.52. The summed E-state index contributed by atoms with van der Waals surface area (Å²) in [5.41, 5.74) is 2.17. The van der Waals surface area contributed by atoms with E-state index in [1.165, 1.54) is 16.7 Å². The number of rotatable bonds is 3.